The molecule has 0 bridgehead atoms. The Morgan fingerprint density at radius 1 is 0.750 bits per heavy atom. The number of aliphatic hydroxyl groups is 1. The number of unbranched alkanes of at least 4 members (excludes halogenated alkanes) is 12. The summed E-state index contributed by atoms with van der Waals surface area (Å²) in [6.45, 7) is 3.89. The minimum absolute atomic E-state index is 0. The van der Waals surface area contributed by atoms with Crippen LogP contribution in [0.2, 0.25) is 0 Å². The number of thioether (sulfide) groups is 1. The van der Waals surface area contributed by atoms with E-state index in [1.165, 1.54) is 64.7 Å². The Morgan fingerprint density at radius 2 is 1.19 bits per heavy atom. The first-order chi connectivity index (χ1) is 22.2. The molecule has 0 aliphatic heterocycles. The van der Waals surface area contributed by atoms with Crippen molar-refractivity contribution >= 4 is 30.7 Å². The number of aliphatic hydroxyl groups excluding tert-OH is 1. The van der Waals surface area contributed by atoms with Crippen LogP contribution in [0.3, 0.4) is 0 Å². The van der Waals surface area contributed by atoms with Gasteiger partial charge in [0.25, 0.3) is 0 Å². The number of hydrogen-bond acceptors (Lipinski definition) is 10. The number of rotatable bonds is 21. The molecule has 0 spiro atoms. The summed E-state index contributed by atoms with van der Waals surface area (Å²) in [5.41, 5.74) is 0. The molecule has 1 atom stereocenters. The Bertz CT molecular complexity index is 1310. The zero-order chi connectivity index (χ0) is 34.6. The van der Waals surface area contributed by atoms with E-state index in [-0.39, 0.29) is 88.7 Å². The van der Waals surface area contributed by atoms with Gasteiger partial charge in [0, 0.05) is 36.5 Å². The summed E-state index contributed by atoms with van der Waals surface area (Å²) in [5, 5.41) is 11.1. The van der Waals surface area contributed by atoms with Crippen LogP contribution >= 0.6 is 19.6 Å². The fourth-order valence-electron chi connectivity index (χ4n) is 3.44. The molecule has 0 saturated heterocycles. The van der Waals surface area contributed by atoms with Crippen LogP contribution in [0.5, 0.6) is 0 Å². The van der Waals surface area contributed by atoms with Crippen molar-refractivity contribution in [1.82, 2.24) is 0 Å². The average molecular weight is 735 g/mol. The Balaban J connectivity index is -0.0000000637. The Morgan fingerprint density at radius 3 is 1.60 bits per heavy atom. The van der Waals surface area contributed by atoms with Crippen molar-refractivity contribution in [1.29, 1.82) is 0 Å². The molecular weight excluding hydrogens is 673 g/mol. The third kappa shape index (κ3) is 49.3. The van der Waals surface area contributed by atoms with Gasteiger partial charge < -0.3 is 33.5 Å². The summed E-state index contributed by atoms with van der Waals surface area (Å²) < 4.78 is 24.4. The van der Waals surface area contributed by atoms with E-state index in [9.17, 15) is 23.9 Å². The zero-order valence-corrected chi connectivity index (χ0v) is 34.9. The number of hydrogen-bond donors (Lipinski definition) is 1. The Labute approximate surface area is 349 Å². The molecule has 0 unspecified atom stereocenters. The molecule has 0 aliphatic rings. The first kappa shape index (κ1) is 53.7. The maximum absolute atomic E-state index is 11.8. The second kappa shape index (κ2) is 42.0. The van der Waals surface area contributed by atoms with Crippen molar-refractivity contribution < 1.29 is 114 Å². The van der Waals surface area contributed by atoms with E-state index in [4.69, 9.17) is 9.84 Å². The van der Waals surface area contributed by atoms with Gasteiger partial charge in [0.15, 0.2) is 5.12 Å². The van der Waals surface area contributed by atoms with Crippen molar-refractivity contribution in [2.75, 3.05) is 20.0 Å². The zero-order valence-electron chi connectivity index (χ0n) is 29.2. The van der Waals surface area contributed by atoms with Crippen LogP contribution in [-0.4, -0.2) is 42.3 Å². The molecule has 1 N–H and O–H groups in total. The fraction of sp³-hybridized carbons (Fsp3) is 0.600. The summed E-state index contributed by atoms with van der Waals surface area (Å²) >= 11 is 0.901. The largest absolute Gasteiger partial charge is 1.00 e. The first-order valence-corrected chi connectivity index (χ1v) is 17.6. The van der Waals surface area contributed by atoms with Crippen molar-refractivity contribution in [3.05, 3.63) is 0 Å². The van der Waals surface area contributed by atoms with Gasteiger partial charge in [-0.25, -0.2) is 0 Å². The summed E-state index contributed by atoms with van der Waals surface area (Å²) in [4.78, 5) is 43.3. The van der Waals surface area contributed by atoms with Gasteiger partial charge in [-0.3, -0.25) is 9.59 Å². The average Bonchev–Trinajstić information content (AvgIpc) is 3.01. The van der Waals surface area contributed by atoms with E-state index >= 15 is 0 Å². The number of phosphoric acid groups is 1. The molecule has 0 saturated carbocycles. The summed E-state index contributed by atoms with van der Waals surface area (Å²) in [6, 6.07) is 0. The topological polar surface area (TPSA) is 145 Å². The predicted molar refractivity (Wildman–Crippen MR) is 194 cm³/mol. The van der Waals surface area contributed by atoms with Gasteiger partial charge in [0.1, 0.15) is 12.9 Å². The van der Waals surface area contributed by atoms with Crippen LogP contribution in [-0.2, 0) is 28.2 Å². The maximum Gasteiger partial charge on any atom is 1.00 e. The minimum Gasteiger partial charge on any atom is -0.790 e. The van der Waals surface area contributed by atoms with Gasteiger partial charge in [0.2, 0.25) is 0 Å². The van der Waals surface area contributed by atoms with Crippen molar-refractivity contribution in [2.24, 2.45) is 0 Å². The Hall–Kier alpha value is -1.12. The maximum atomic E-state index is 11.8. The predicted octanol–water partition coefficient (Wildman–Crippen LogP) is 0.431. The third-order valence-corrected chi connectivity index (χ3v) is 6.49. The Kier molecular flexibility index (Phi) is 47.0. The minimum atomic E-state index is -5.16. The van der Waals surface area contributed by atoms with Crippen LogP contribution in [0.4, 0.5) is 0 Å². The number of carbonyl (C=O) groups is 2. The fourth-order valence-corrected chi connectivity index (χ4v) is 4.04. The summed E-state index contributed by atoms with van der Waals surface area (Å²) in [6.07, 6.45) is 14.8. The van der Waals surface area contributed by atoms with Gasteiger partial charge in [0.05, 0.1) is 21.0 Å². The van der Waals surface area contributed by atoms with Crippen molar-refractivity contribution in [3.8, 4) is 70.4 Å². The third-order valence-electron chi connectivity index (χ3n) is 5.53. The van der Waals surface area contributed by atoms with Crippen LogP contribution in [0, 0.1) is 70.4 Å². The van der Waals surface area contributed by atoms with Gasteiger partial charge in [-0.2, -0.15) is 0 Å². The SMILES string of the molecule is CC#CC#CC#CC#CC#CC#CSC(C)=O.CCCCCCCCCCCCCCCC(=O)O[C@@H](COCO)COP(=O)([O-])[O-].[HH].[HH].[HH].[HH].[HH].[HH].[HH].[HH].[Na+].[Na+]. The van der Waals surface area contributed by atoms with Crippen molar-refractivity contribution in [2.45, 2.75) is 117 Å². The van der Waals surface area contributed by atoms with Crippen LogP contribution in [0.15, 0.2) is 0 Å². The van der Waals surface area contributed by atoms with Gasteiger partial charge in [-0.1, -0.05) is 89.9 Å². The van der Waals surface area contributed by atoms with Crippen LogP contribution in [0.1, 0.15) is 122 Å². The molecule has 0 aromatic rings. The smallest absolute Gasteiger partial charge is 0.790 e. The molecular formula is C35H61Na2O9PS. The number of phosphoric ester groups is 1. The summed E-state index contributed by atoms with van der Waals surface area (Å²) in [5.74, 6) is 27.0. The molecule has 0 fully saturated rings. The molecule has 268 valence electrons. The molecule has 0 rings (SSSR count). The second-order valence-electron chi connectivity index (χ2n) is 9.54. The molecule has 0 aliphatic carbocycles. The van der Waals surface area contributed by atoms with E-state index < -0.39 is 33.3 Å². The van der Waals surface area contributed by atoms with E-state index in [0.717, 1.165) is 31.0 Å². The normalized spacial score (nSPS) is 9.54. The molecule has 0 heterocycles. The van der Waals surface area contributed by atoms with E-state index in [1.54, 1.807) is 6.92 Å². The first-order valence-electron chi connectivity index (χ1n) is 15.3. The molecule has 0 aromatic heterocycles. The number of ether oxygens (including phenoxy) is 2. The molecule has 0 amide bonds. The standard InChI is InChI=1S/C20H41O8P.C15H6OS.2Na.8H2/c1-2-3-4-5-6-7-8-9-10-11-12-13-14-15-20(22)28-19(16-26-18-21)17-27-29(23,24)25;1-3-4-5-6-7-8-9-10-11-12-13-14-17-15(2)16;;;;;;;;;;/h19,21H,2-18H2,1H3,(H2,23,24,25);1-2H3;;;8*1H/q;;2*+1;;;;;;;;/p-2/t19-;;;;;;;;;;;/m0.........../s1. The van der Waals surface area contributed by atoms with E-state index in [1.807, 2.05) is 0 Å². The summed E-state index contributed by atoms with van der Waals surface area (Å²) in [7, 11) is -5.16. The quantitative estimate of drug-likeness (QED) is 0.0441. The van der Waals surface area contributed by atoms with Gasteiger partial charge in [-0.05, 0) is 77.8 Å². The molecule has 0 radical (unpaired) electrons. The molecule has 9 nitrogen and oxygen atoms in total. The van der Waals surface area contributed by atoms with E-state index in [2.05, 4.69) is 86.6 Å². The second-order valence-corrected chi connectivity index (χ2v) is 11.7. The molecule has 48 heavy (non-hydrogen) atoms. The van der Waals surface area contributed by atoms with Gasteiger partial charge in [-0.15, -0.1) is 0 Å². The van der Waals surface area contributed by atoms with E-state index in [0.29, 0.717) is 6.42 Å². The van der Waals surface area contributed by atoms with Crippen LogP contribution < -0.4 is 68.9 Å². The van der Waals surface area contributed by atoms with Gasteiger partial charge >= 0.3 is 65.1 Å². The monoisotopic (exact) mass is 734 g/mol. The molecule has 13 heteroatoms. The van der Waals surface area contributed by atoms with Crippen LogP contribution in [0.25, 0.3) is 0 Å². The number of carbonyl (C=O) groups excluding carboxylic acids is 2. The molecule has 0 aromatic carbocycles. The number of esters is 1. The van der Waals surface area contributed by atoms with Crippen molar-refractivity contribution in [3.63, 3.8) is 0 Å².